The fraction of sp³-hybridized carbons (Fsp3) is 0.278. The summed E-state index contributed by atoms with van der Waals surface area (Å²) in [4.78, 5) is 26.1. The number of hydrogen-bond acceptors (Lipinski definition) is 5. The molecule has 1 amide bonds. The third-order valence-electron chi connectivity index (χ3n) is 4.82. The number of carbonyl (C=O) groups excluding carboxylic acids is 1. The first-order valence-electron chi connectivity index (χ1n) is 8.20. The van der Waals surface area contributed by atoms with Crippen LogP contribution in [0, 0.1) is 0 Å². The van der Waals surface area contributed by atoms with Gasteiger partial charge in [0.2, 0.25) is 5.82 Å². The minimum absolute atomic E-state index is 0.0298. The lowest BCUT2D eigenvalue weighted by Crippen LogP contribution is -2.39. The molecule has 3 heterocycles. The van der Waals surface area contributed by atoms with E-state index in [9.17, 15) is 9.90 Å². The van der Waals surface area contributed by atoms with Gasteiger partial charge in [0, 0.05) is 29.6 Å². The zero-order chi connectivity index (χ0) is 18.4. The maximum Gasteiger partial charge on any atom is 0.292 e. The lowest BCUT2D eigenvalue weighted by atomic mass is 9.96. The van der Waals surface area contributed by atoms with Crippen LogP contribution in [0.4, 0.5) is 0 Å². The van der Waals surface area contributed by atoms with Crippen LogP contribution in [0.25, 0.3) is 10.9 Å². The van der Waals surface area contributed by atoms with Gasteiger partial charge < -0.3 is 19.7 Å². The topological polar surface area (TPSA) is 91.3 Å². The third kappa shape index (κ3) is 2.47. The summed E-state index contributed by atoms with van der Waals surface area (Å²) >= 11 is 6.01. The van der Waals surface area contributed by atoms with Crippen molar-refractivity contribution in [3.05, 3.63) is 46.6 Å². The van der Waals surface area contributed by atoms with Gasteiger partial charge in [0.1, 0.15) is 0 Å². The highest BCUT2D eigenvalue weighted by molar-refractivity contribution is 6.33. The minimum Gasteiger partial charge on any atom is -0.504 e. The van der Waals surface area contributed by atoms with Crippen LogP contribution in [-0.2, 0) is 6.42 Å². The van der Waals surface area contributed by atoms with Crippen molar-refractivity contribution in [2.45, 2.75) is 19.4 Å². The highest BCUT2D eigenvalue weighted by atomic mass is 35.5. The van der Waals surface area contributed by atoms with Crippen molar-refractivity contribution in [1.82, 2.24) is 19.9 Å². The molecular formula is C18H17ClN4O3. The molecule has 0 fully saturated rings. The first kappa shape index (κ1) is 16.7. The van der Waals surface area contributed by atoms with Crippen LogP contribution in [0.3, 0.4) is 0 Å². The second kappa shape index (κ2) is 6.17. The van der Waals surface area contributed by atoms with Gasteiger partial charge in [-0.15, -0.1) is 0 Å². The van der Waals surface area contributed by atoms with E-state index in [4.69, 9.17) is 16.3 Å². The highest BCUT2D eigenvalue weighted by Gasteiger charge is 2.32. The smallest absolute Gasteiger partial charge is 0.292 e. The number of benzene rings is 1. The molecule has 3 aromatic rings. The van der Waals surface area contributed by atoms with Crippen molar-refractivity contribution in [2.24, 2.45) is 0 Å². The molecule has 1 unspecified atom stereocenters. The number of ether oxygens (including phenoxy) is 1. The Labute approximate surface area is 154 Å². The van der Waals surface area contributed by atoms with E-state index in [0.717, 1.165) is 16.6 Å². The average molecular weight is 373 g/mol. The fourth-order valence-corrected chi connectivity index (χ4v) is 3.65. The van der Waals surface area contributed by atoms with Crippen LogP contribution in [0.2, 0.25) is 5.02 Å². The third-order valence-corrected chi connectivity index (χ3v) is 5.13. The Hall–Kier alpha value is -2.80. The van der Waals surface area contributed by atoms with Crippen LogP contribution < -0.4 is 4.74 Å². The zero-order valence-corrected chi connectivity index (χ0v) is 15.0. The molecule has 1 atom stereocenters. The van der Waals surface area contributed by atoms with Gasteiger partial charge in [0.05, 0.1) is 36.1 Å². The van der Waals surface area contributed by atoms with E-state index >= 15 is 0 Å². The number of hydrogen-bond donors (Lipinski definition) is 2. The van der Waals surface area contributed by atoms with Crippen LogP contribution in [0.1, 0.15) is 34.8 Å². The Morgan fingerprint density at radius 2 is 2.12 bits per heavy atom. The van der Waals surface area contributed by atoms with Crippen LogP contribution in [-0.4, -0.2) is 44.5 Å². The summed E-state index contributed by atoms with van der Waals surface area (Å²) in [5.41, 5.74) is 2.59. The molecule has 0 saturated carbocycles. The highest BCUT2D eigenvalue weighted by Crippen LogP contribution is 2.40. The SMILES string of the molecule is COc1cnc(C(=O)N2CCc3[nH]c4c(O)c(Cl)ccc4c3C2C)nc1. The van der Waals surface area contributed by atoms with Gasteiger partial charge in [-0.1, -0.05) is 17.7 Å². The fourth-order valence-electron chi connectivity index (χ4n) is 3.49. The van der Waals surface area contributed by atoms with E-state index < -0.39 is 0 Å². The van der Waals surface area contributed by atoms with Crippen molar-refractivity contribution in [2.75, 3.05) is 13.7 Å². The maximum absolute atomic E-state index is 12.9. The summed E-state index contributed by atoms with van der Waals surface area (Å²) in [5, 5.41) is 11.4. The van der Waals surface area contributed by atoms with E-state index in [2.05, 4.69) is 15.0 Å². The molecule has 7 nitrogen and oxygen atoms in total. The van der Waals surface area contributed by atoms with E-state index in [1.54, 1.807) is 11.0 Å². The monoisotopic (exact) mass is 372 g/mol. The molecule has 134 valence electrons. The number of fused-ring (bicyclic) bond motifs is 3. The molecule has 4 rings (SSSR count). The van der Waals surface area contributed by atoms with Crippen molar-refractivity contribution in [3.63, 3.8) is 0 Å². The molecule has 0 bridgehead atoms. The van der Waals surface area contributed by atoms with Gasteiger partial charge in [-0.2, -0.15) is 0 Å². The second-order valence-corrected chi connectivity index (χ2v) is 6.61. The summed E-state index contributed by atoms with van der Waals surface area (Å²) in [6, 6.07) is 3.33. The van der Waals surface area contributed by atoms with E-state index in [1.807, 2.05) is 13.0 Å². The molecule has 0 radical (unpaired) electrons. The van der Waals surface area contributed by atoms with Gasteiger partial charge in [0.25, 0.3) is 5.91 Å². The minimum atomic E-state index is -0.238. The Morgan fingerprint density at radius 3 is 2.81 bits per heavy atom. The molecule has 1 aliphatic heterocycles. The van der Waals surface area contributed by atoms with Gasteiger partial charge >= 0.3 is 0 Å². The number of H-pyrrole nitrogens is 1. The summed E-state index contributed by atoms with van der Waals surface area (Å²) in [6.45, 7) is 2.49. The number of halogens is 1. The van der Waals surface area contributed by atoms with Crippen LogP contribution in [0.15, 0.2) is 24.5 Å². The van der Waals surface area contributed by atoms with E-state index in [-0.39, 0.29) is 23.5 Å². The predicted molar refractivity (Wildman–Crippen MR) is 96.7 cm³/mol. The Morgan fingerprint density at radius 1 is 1.38 bits per heavy atom. The molecule has 2 aromatic heterocycles. The Balaban J connectivity index is 1.72. The average Bonchev–Trinajstić information content (AvgIpc) is 3.05. The molecule has 2 N–H and O–H groups in total. The molecule has 0 aliphatic carbocycles. The number of phenolic OH excluding ortho intramolecular Hbond substituents is 1. The second-order valence-electron chi connectivity index (χ2n) is 6.21. The molecule has 1 aromatic carbocycles. The zero-order valence-electron chi connectivity index (χ0n) is 14.3. The number of aromatic nitrogens is 3. The van der Waals surface area contributed by atoms with E-state index in [1.165, 1.54) is 19.5 Å². The van der Waals surface area contributed by atoms with E-state index in [0.29, 0.717) is 29.3 Å². The molecule has 1 aliphatic rings. The molecule has 0 spiro atoms. The van der Waals surface area contributed by atoms with Crippen molar-refractivity contribution in [3.8, 4) is 11.5 Å². The molecule has 26 heavy (non-hydrogen) atoms. The first-order chi connectivity index (χ1) is 12.5. The summed E-state index contributed by atoms with van der Waals surface area (Å²) in [5.74, 6) is 0.423. The number of phenols is 1. The number of methoxy groups -OCH3 is 1. The van der Waals surface area contributed by atoms with Crippen molar-refractivity contribution < 1.29 is 14.6 Å². The Bertz CT molecular complexity index is 1000. The number of carbonyl (C=O) groups is 1. The largest absolute Gasteiger partial charge is 0.504 e. The lowest BCUT2D eigenvalue weighted by Gasteiger charge is -2.33. The normalized spacial score (nSPS) is 16.6. The molecular weight excluding hydrogens is 356 g/mol. The quantitative estimate of drug-likeness (QED) is 0.721. The van der Waals surface area contributed by atoms with Crippen LogP contribution in [0.5, 0.6) is 11.5 Å². The number of nitrogens with one attached hydrogen (secondary N) is 1. The summed E-state index contributed by atoms with van der Waals surface area (Å²) in [7, 11) is 1.52. The standard InChI is InChI=1S/C18H17ClN4O3/c1-9-14-11-3-4-12(19)16(24)15(11)22-13(14)5-6-23(9)18(25)17-20-7-10(26-2)8-21-17/h3-4,7-9,22,24H,5-6H2,1-2H3. The first-order valence-corrected chi connectivity index (χ1v) is 8.58. The number of nitrogens with zero attached hydrogens (tertiary/aromatic N) is 3. The summed E-state index contributed by atoms with van der Waals surface area (Å²) in [6.07, 6.45) is 3.60. The van der Waals surface area contributed by atoms with Gasteiger partial charge in [-0.25, -0.2) is 9.97 Å². The van der Waals surface area contributed by atoms with Crippen molar-refractivity contribution in [1.29, 1.82) is 0 Å². The number of rotatable bonds is 2. The van der Waals surface area contributed by atoms with Crippen molar-refractivity contribution >= 4 is 28.4 Å². The number of aromatic amines is 1. The summed E-state index contributed by atoms with van der Waals surface area (Å²) < 4.78 is 5.03. The molecule has 0 saturated heterocycles. The van der Waals surface area contributed by atoms with Gasteiger partial charge in [-0.3, -0.25) is 4.79 Å². The number of aromatic hydroxyl groups is 1. The lowest BCUT2D eigenvalue weighted by molar-refractivity contribution is 0.0665. The van der Waals surface area contributed by atoms with Gasteiger partial charge in [0.15, 0.2) is 11.5 Å². The molecule has 8 heteroatoms. The maximum atomic E-state index is 12.9. The number of amides is 1. The Kier molecular flexibility index (Phi) is 3.96. The predicted octanol–water partition coefficient (Wildman–Crippen LogP) is 3.09. The van der Waals surface area contributed by atoms with Gasteiger partial charge in [-0.05, 0) is 13.0 Å². The van der Waals surface area contributed by atoms with Crippen LogP contribution >= 0.6 is 11.6 Å².